The summed E-state index contributed by atoms with van der Waals surface area (Å²) >= 11 is 1.13. The third-order valence-electron chi connectivity index (χ3n) is 3.34. The molecule has 6 nitrogen and oxygen atoms in total. The topological polar surface area (TPSA) is 116 Å². The van der Waals surface area contributed by atoms with E-state index in [1.54, 1.807) is 18.2 Å². The number of hydrogen-bond donors (Lipinski definition) is 2. The highest BCUT2D eigenvalue weighted by Gasteiger charge is 2.19. The van der Waals surface area contributed by atoms with Gasteiger partial charge in [-0.3, -0.25) is 4.79 Å². The van der Waals surface area contributed by atoms with Crippen LogP contribution in [0.2, 0.25) is 0 Å². The molecule has 0 saturated heterocycles. The molecule has 1 amide bonds. The molecule has 0 fully saturated rings. The van der Waals surface area contributed by atoms with E-state index in [9.17, 15) is 13.2 Å². The Bertz CT molecular complexity index is 978. The van der Waals surface area contributed by atoms with Crippen LogP contribution in [0.3, 0.4) is 0 Å². The van der Waals surface area contributed by atoms with Gasteiger partial charge >= 0.3 is 0 Å². The SMILES string of the molecule is NC1=NC(=O)C(=Cc2cccc(-c3ccc(S(N)(=O)=O)cc3)c2)S1. The summed E-state index contributed by atoms with van der Waals surface area (Å²) in [6.07, 6.45) is 1.72. The largest absolute Gasteiger partial charge is 0.378 e. The molecule has 0 radical (unpaired) electrons. The molecule has 0 atom stereocenters. The number of carbonyl (C=O) groups excluding carboxylic acids is 1. The van der Waals surface area contributed by atoms with Crippen molar-refractivity contribution in [2.75, 3.05) is 0 Å². The zero-order valence-electron chi connectivity index (χ0n) is 12.3. The molecule has 0 unspecified atom stereocenters. The van der Waals surface area contributed by atoms with Crippen molar-refractivity contribution in [3.05, 3.63) is 59.0 Å². The lowest BCUT2D eigenvalue weighted by molar-refractivity contribution is -0.113. The van der Waals surface area contributed by atoms with Gasteiger partial charge in [-0.05, 0) is 52.7 Å². The van der Waals surface area contributed by atoms with Crippen LogP contribution in [0.1, 0.15) is 5.56 Å². The van der Waals surface area contributed by atoms with Crippen molar-refractivity contribution in [2.45, 2.75) is 4.90 Å². The van der Waals surface area contributed by atoms with E-state index < -0.39 is 10.0 Å². The molecule has 0 spiro atoms. The fourth-order valence-electron chi connectivity index (χ4n) is 2.22. The number of aliphatic imine (C=N–C) groups is 1. The number of amides is 1. The molecule has 2 aromatic carbocycles. The summed E-state index contributed by atoms with van der Waals surface area (Å²) < 4.78 is 22.6. The maximum atomic E-state index is 11.7. The molecule has 3 rings (SSSR count). The lowest BCUT2D eigenvalue weighted by atomic mass is 10.0. The quantitative estimate of drug-likeness (QED) is 0.812. The van der Waals surface area contributed by atoms with Crippen molar-refractivity contribution in [3.63, 3.8) is 0 Å². The lowest BCUT2D eigenvalue weighted by Gasteiger charge is -2.05. The minimum Gasteiger partial charge on any atom is -0.378 e. The second kappa shape index (κ2) is 6.23. The number of nitrogens with two attached hydrogens (primary N) is 2. The minimum absolute atomic E-state index is 0.0603. The average molecular weight is 359 g/mol. The van der Waals surface area contributed by atoms with Crippen LogP contribution in [-0.2, 0) is 14.8 Å². The highest BCUT2D eigenvalue weighted by Crippen LogP contribution is 2.28. The van der Waals surface area contributed by atoms with Crippen LogP contribution in [0.15, 0.2) is 63.3 Å². The number of sulfonamides is 1. The predicted octanol–water partition coefficient (Wildman–Crippen LogP) is 1.93. The molecular weight excluding hydrogens is 346 g/mol. The predicted molar refractivity (Wildman–Crippen MR) is 95.4 cm³/mol. The van der Waals surface area contributed by atoms with Crippen molar-refractivity contribution in [2.24, 2.45) is 15.9 Å². The van der Waals surface area contributed by atoms with Gasteiger partial charge in [-0.1, -0.05) is 30.3 Å². The fourth-order valence-corrected chi connectivity index (χ4v) is 3.42. The Balaban J connectivity index is 1.91. The molecule has 4 N–H and O–H groups in total. The van der Waals surface area contributed by atoms with E-state index in [0.717, 1.165) is 28.5 Å². The second-order valence-corrected chi connectivity index (χ2v) is 7.68. The van der Waals surface area contributed by atoms with Crippen LogP contribution in [0.25, 0.3) is 17.2 Å². The molecule has 1 heterocycles. The van der Waals surface area contributed by atoms with Crippen LogP contribution in [0, 0.1) is 0 Å². The number of thioether (sulfide) groups is 1. The van der Waals surface area contributed by atoms with E-state index in [1.165, 1.54) is 12.1 Å². The van der Waals surface area contributed by atoms with Gasteiger partial charge in [0.25, 0.3) is 5.91 Å². The molecule has 1 aliphatic rings. The first kappa shape index (κ1) is 16.4. The van der Waals surface area contributed by atoms with Gasteiger partial charge in [0.1, 0.15) is 0 Å². The molecule has 24 heavy (non-hydrogen) atoms. The van der Waals surface area contributed by atoms with Crippen LogP contribution in [0.5, 0.6) is 0 Å². The Labute approximate surface area is 143 Å². The van der Waals surface area contributed by atoms with Gasteiger partial charge in [-0.2, -0.15) is 4.99 Å². The Morgan fingerprint density at radius 3 is 2.33 bits per heavy atom. The first-order chi connectivity index (χ1) is 11.3. The number of rotatable bonds is 3. The molecule has 0 bridgehead atoms. The Kier molecular flexibility index (Phi) is 4.27. The van der Waals surface area contributed by atoms with Gasteiger partial charge in [-0.15, -0.1) is 0 Å². The number of nitrogens with zero attached hydrogens (tertiary/aromatic N) is 1. The van der Waals surface area contributed by atoms with E-state index in [1.807, 2.05) is 24.3 Å². The molecule has 122 valence electrons. The maximum Gasteiger partial charge on any atom is 0.286 e. The van der Waals surface area contributed by atoms with Crippen molar-refractivity contribution >= 4 is 38.9 Å². The summed E-state index contributed by atoms with van der Waals surface area (Å²) in [5, 5.41) is 5.33. The molecule has 1 aliphatic heterocycles. The molecular formula is C16H13N3O3S2. The smallest absolute Gasteiger partial charge is 0.286 e. The van der Waals surface area contributed by atoms with E-state index in [4.69, 9.17) is 10.9 Å². The summed E-state index contributed by atoms with van der Waals surface area (Å²) in [6.45, 7) is 0. The van der Waals surface area contributed by atoms with E-state index in [2.05, 4.69) is 4.99 Å². The van der Waals surface area contributed by atoms with Crippen LogP contribution in [-0.4, -0.2) is 19.5 Å². The molecule has 0 saturated carbocycles. The van der Waals surface area contributed by atoms with E-state index in [-0.39, 0.29) is 16.0 Å². The number of carbonyl (C=O) groups is 1. The van der Waals surface area contributed by atoms with Gasteiger partial charge in [0.05, 0.1) is 9.80 Å². The van der Waals surface area contributed by atoms with Crippen molar-refractivity contribution in [1.29, 1.82) is 0 Å². The summed E-state index contributed by atoms with van der Waals surface area (Å²) in [6, 6.07) is 13.8. The minimum atomic E-state index is -3.71. The van der Waals surface area contributed by atoms with Gasteiger partial charge in [0.2, 0.25) is 10.0 Å². The second-order valence-electron chi connectivity index (χ2n) is 5.06. The summed E-state index contributed by atoms with van der Waals surface area (Å²) in [5.41, 5.74) is 8.08. The zero-order chi connectivity index (χ0) is 17.3. The van der Waals surface area contributed by atoms with Crippen LogP contribution in [0.4, 0.5) is 0 Å². The third-order valence-corrected chi connectivity index (χ3v) is 5.08. The number of primary sulfonamides is 1. The summed E-state index contributed by atoms with van der Waals surface area (Å²) in [4.78, 5) is 15.8. The highest BCUT2D eigenvalue weighted by molar-refractivity contribution is 8.18. The van der Waals surface area contributed by atoms with Crippen molar-refractivity contribution < 1.29 is 13.2 Å². The zero-order valence-corrected chi connectivity index (χ0v) is 14.0. The average Bonchev–Trinajstić information content (AvgIpc) is 2.84. The monoisotopic (exact) mass is 359 g/mol. The summed E-state index contributed by atoms with van der Waals surface area (Å²) in [5.74, 6) is -0.347. The first-order valence-corrected chi connectivity index (χ1v) is 9.20. The first-order valence-electron chi connectivity index (χ1n) is 6.84. The van der Waals surface area contributed by atoms with Crippen LogP contribution >= 0.6 is 11.8 Å². The standard InChI is InChI=1S/C16H13N3O3S2/c17-16-19-15(20)14(23-16)9-10-2-1-3-12(8-10)11-4-6-13(7-5-11)24(18,21)22/h1-9H,(H2,17,19,20)(H2,18,21,22). The Morgan fingerprint density at radius 2 is 1.75 bits per heavy atom. The van der Waals surface area contributed by atoms with Gasteiger partial charge < -0.3 is 5.73 Å². The van der Waals surface area contributed by atoms with E-state index in [0.29, 0.717) is 4.91 Å². The molecule has 0 aliphatic carbocycles. The third kappa shape index (κ3) is 3.56. The van der Waals surface area contributed by atoms with Crippen molar-refractivity contribution in [1.82, 2.24) is 0 Å². The fraction of sp³-hybridized carbons (Fsp3) is 0. The highest BCUT2D eigenvalue weighted by atomic mass is 32.2. The molecule has 0 aromatic heterocycles. The number of hydrogen-bond acceptors (Lipinski definition) is 5. The Hall–Kier alpha value is -2.42. The number of benzene rings is 2. The van der Waals surface area contributed by atoms with E-state index >= 15 is 0 Å². The lowest BCUT2D eigenvalue weighted by Crippen LogP contribution is -2.11. The molecule has 8 heteroatoms. The Morgan fingerprint density at radius 1 is 1.04 bits per heavy atom. The van der Waals surface area contributed by atoms with Crippen LogP contribution < -0.4 is 10.9 Å². The normalized spacial score (nSPS) is 16.5. The molecule has 2 aromatic rings. The van der Waals surface area contributed by atoms with Gasteiger partial charge in [0, 0.05) is 0 Å². The summed E-state index contributed by atoms with van der Waals surface area (Å²) in [7, 11) is -3.71. The maximum absolute atomic E-state index is 11.7. The van der Waals surface area contributed by atoms with Crippen molar-refractivity contribution in [3.8, 4) is 11.1 Å². The van der Waals surface area contributed by atoms with Gasteiger partial charge in [0.15, 0.2) is 5.17 Å². The number of amidine groups is 1. The van der Waals surface area contributed by atoms with Gasteiger partial charge in [-0.25, -0.2) is 13.6 Å².